The first kappa shape index (κ1) is 13.0. The smallest absolute Gasteiger partial charge is 0.0488 e. The molecule has 0 amide bonds. The summed E-state index contributed by atoms with van der Waals surface area (Å²) < 4.78 is 0. The number of anilines is 2. The van der Waals surface area contributed by atoms with Crippen LogP contribution in [0.3, 0.4) is 0 Å². The maximum Gasteiger partial charge on any atom is 0.0488 e. The van der Waals surface area contributed by atoms with Crippen molar-refractivity contribution in [2.45, 2.75) is 6.42 Å². The molecule has 2 heteroatoms. The molecule has 4 rings (SSSR count). The molecule has 2 aliphatic rings. The second-order valence-corrected chi connectivity index (χ2v) is 5.74. The maximum atomic E-state index is 5.86. The lowest BCUT2D eigenvalue weighted by Crippen LogP contribution is -2.24. The molecule has 1 aliphatic carbocycles. The summed E-state index contributed by atoms with van der Waals surface area (Å²) in [5.74, 6) is 0. The number of nitrogens with two attached hydrogens (primary N) is 1. The second-order valence-electron chi connectivity index (χ2n) is 5.74. The molecule has 0 unspecified atom stereocenters. The van der Waals surface area contributed by atoms with Crippen molar-refractivity contribution in [2.75, 3.05) is 17.7 Å². The molecule has 0 atom stereocenters. The highest BCUT2D eigenvalue weighted by Gasteiger charge is 2.27. The van der Waals surface area contributed by atoms with Crippen molar-refractivity contribution in [1.82, 2.24) is 0 Å². The molecule has 1 heterocycles. The topological polar surface area (TPSA) is 29.3 Å². The first-order chi connectivity index (χ1) is 10.8. The van der Waals surface area contributed by atoms with Crippen molar-refractivity contribution in [3.63, 3.8) is 0 Å². The summed E-state index contributed by atoms with van der Waals surface area (Å²) in [4.78, 5) is 2.29. The third-order valence-corrected chi connectivity index (χ3v) is 4.42. The first-order valence-electron chi connectivity index (χ1n) is 7.55. The molecule has 0 fully saturated rings. The molecule has 0 saturated heterocycles. The summed E-state index contributed by atoms with van der Waals surface area (Å²) in [7, 11) is 2.14. The van der Waals surface area contributed by atoms with E-state index in [4.69, 9.17) is 5.73 Å². The van der Waals surface area contributed by atoms with Crippen LogP contribution in [0.15, 0.2) is 78.0 Å². The molecule has 0 aromatic heterocycles. The summed E-state index contributed by atoms with van der Waals surface area (Å²) >= 11 is 0. The fourth-order valence-corrected chi connectivity index (χ4v) is 3.34. The Balaban J connectivity index is 2.02. The SMILES string of the molecule is CN1C2=CC=CCC2=C(c2ccc(N)cc2)c2ccccc21. The summed E-state index contributed by atoms with van der Waals surface area (Å²) in [6, 6.07) is 16.8. The van der Waals surface area contributed by atoms with Crippen LogP contribution in [0.5, 0.6) is 0 Å². The second kappa shape index (κ2) is 4.92. The van der Waals surface area contributed by atoms with Crippen LogP contribution in [0.4, 0.5) is 11.4 Å². The number of hydrogen-bond donors (Lipinski definition) is 1. The molecule has 0 spiro atoms. The van der Waals surface area contributed by atoms with Gasteiger partial charge in [-0.25, -0.2) is 0 Å². The van der Waals surface area contributed by atoms with E-state index in [-0.39, 0.29) is 0 Å². The average Bonchev–Trinajstić information content (AvgIpc) is 2.57. The fraction of sp³-hybridized carbons (Fsp3) is 0.100. The van der Waals surface area contributed by atoms with Crippen molar-refractivity contribution in [2.24, 2.45) is 0 Å². The molecule has 2 aromatic carbocycles. The molecule has 108 valence electrons. The third-order valence-electron chi connectivity index (χ3n) is 4.42. The van der Waals surface area contributed by atoms with E-state index in [1.165, 1.54) is 33.7 Å². The molecule has 0 saturated carbocycles. The molecular formula is C20H18N2. The number of nitrogen functional groups attached to an aromatic ring is 1. The number of nitrogens with zero attached hydrogens (tertiary/aromatic N) is 1. The Kier molecular flexibility index (Phi) is 2.90. The Bertz CT molecular complexity index is 823. The highest BCUT2D eigenvalue weighted by Crippen LogP contribution is 2.44. The zero-order chi connectivity index (χ0) is 15.1. The summed E-state index contributed by atoms with van der Waals surface area (Å²) in [5.41, 5.74) is 14.4. The van der Waals surface area contributed by atoms with E-state index in [1.807, 2.05) is 12.1 Å². The molecule has 0 radical (unpaired) electrons. The number of likely N-dealkylation sites (N-methyl/N-ethyl adjacent to an activating group) is 1. The molecule has 0 bridgehead atoms. The number of hydrogen-bond acceptors (Lipinski definition) is 2. The summed E-state index contributed by atoms with van der Waals surface area (Å²) in [6.45, 7) is 0. The van der Waals surface area contributed by atoms with Crippen molar-refractivity contribution in [3.8, 4) is 0 Å². The maximum absolute atomic E-state index is 5.86. The van der Waals surface area contributed by atoms with Crippen LogP contribution >= 0.6 is 0 Å². The van der Waals surface area contributed by atoms with E-state index in [0.29, 0.717) is 0 Å². The molecule has 2 nitrogen and oxygen atoms in total. The Morgan fingerprint density at radius 2 is 1.77 bits per heavy atom. The molecule has 22 heavy (non-hydrogen) atoms. The van der Waals surface area contributed by atoms with Gasteiger partial charge in [-0.2, -0.15) is 0 Å². The van der Waals surface area contributed by atoms with Gasteiger partial charge in [-0.05, 0) is 47.4 Å². The van der Waals surface area contributed by atoms with Gasteiger partial charge in [0.1, 0.15) is 0 Å². The van der Waals surface area contributed by atoms with Crippen LogP contribution in [-0.4, -0.2) is 7.05 Å². The Morgan fingerprint density at radius 1 is 1.00 bits per heavy atom. The minimum Gasteiger partial charge on any atom is -0.399 e. The largest absolute Gasteiger partial charge is 0.399 e. The van der Waals surface area contributed by atoms with Crippen LogP contribution < -0.4 is 10.6 Å². The van der Waals surface area contributed by atoms with Crippen LogP contribution in [0, 0.1) is 0 Å². The monoisotopic (exact) mass is 286 g/mol. The van der Waals surface area contributed by atoms with Crippen LogP contribution in [-0.2, 0) is 0 Å². The van der Waals surface area contributed by atoms with Gasteiger partial charge in [0.15, 0.2) is 0 Å². The molecule has 2 aromatic rings. The van der Waals surface area contributed by atoms with Gasteiger partial charge in [0.05, 0.1) is 0 Å². The van der Waals surface area contributed by atoms with E-state index in [1.54, 1.807) is 0 Å². The van der Waals surface area contributed by atoms with Gasteiger partial charge >= 0.3 is 0 Å². The van der Waals surface area contributed by atoms with Gasteiger partial charge < -0.3 is 10.6 Å². The summed E-state index contributed by atoms with van der Waals surface area (Å²) in [6.07, 6.45) is 7.53. The first-order valence-corrected chi connectivity index (χ1v) is 7.55. The van der Waals surface area contributed by atoms with Crippen molar-refractivity contribution in [3.05, 3.63) is 89.2 Å². The summed E-state index contributed by atoms with van der Waals surface area (Å²) in [5, 5.41) is 0. The van der Waals surface area contributed by atoms with Crippen LogP contribution in [0.25, 0.3) is 5.57 Å². The van der Waals surface area contributed by atoms with E-state index in [9.17, 15) is 0 Å². The number of rotatable bonds is 1. The van der Waals surface area contributed by atoms with E-state index >= 15 is 0 Å². The van der Waals surface area contributed by atoms with E-state index < -0.39 is 0 Å². The lowest BCUT2D eigenvalue weighted by Gasteiger charge is -2.35. The number of benzene rings is 2. The highest BCUT2D eigenvalue weighted by atomic mass is 15.1. The van der Waals surface area contributed by atoms with Gasteiger partial charge in [-0.15, -0.1) is 0 Å². The van der Waals surface area contributed by atoms with Crippen molar-refractivity contribution in [1.29, 1.82) is 0 Å². The third kappa shape index (κ3) is 1.88. The highest BCUT2D eigenvalue weighted by molar-refractivity contribution is 5.95. The Morgan fingerprint density at radius 3 is 2.59 bits per heavy atom. The van der Waals surface area contributed by atoms with E-state index in [2.05, 4.69) is 66.6 Å². The lowest BCUT2D eigenvalue weighted by atomic mass is 9.84. The Hall–Kier alpha value is -2.74. The zero-order valence-electron chi connectivity index (χ0n) is 12.6. The zero-order valence-corrected chi connectivity index (χ0v) is 12.6. The molecular weight excluding hydrogens is 268 g/mol. The minimum absolute atomic E-state index is 0.801. The van der Waals surface area contributed by atoms with Gasteiger partial charge in [0.2, 0.25) is 0 Å². The van der Waals surface area contributed by atoms with Gasteiger partial charge in [-0.1, -0.05) is 42.5 Å². The van der Waals surface area contributed by atoms with Gasteiger partial charge in [0.25, 0.3) is 0 Å². The standard InChI is InChI=1S/C20H18N2/c1-22-18-8-4-2-6-16(18)20(14-10-12-15(21)13-11-14)17-7-3-5-9-19(17)22/h2-6,8-13H,7,21H2,1H3. The molecule has 2 N–H and O–H groups in total. The van der Waals surface area contributed by atoms with Crippen molar-refractivity contribution >= 4 is 16.9 Å². The van der Waals surface area contributed by atoms with E-state index in [0.717, 1.165) is 12.1 Å². The van der Waals surface area contributed by atoms with Crippen LogP contribution in [0.2, 0.25) is 0 Å². The van der Waals surface area contributed by atoms with Crippen molar-refractivity contribution < 1.29 is 0 Å². The average molecular weight is 286 g/mol. The number of allylic oxidation sites excluding steroid dienone is 4. The van der Waals surface area contributed by atoms with Gasteiger partial charge in [0, 0.05) is 29.7 Å². The predicted molar refractivity (Wildman–Crippen MR) is 93.6 cm³/mol. The lowest BCUT2D eigenvalue weighted by molar-refractivity contribution is 1.03. The Labute approximate surface area is 130 Å². The predicted octanol–water partition coefficient (Wildman–Crippen LogP) is 4.36. The van der Waals surface area contributed by atoms with Crippen LogP contribution in [0.1, 0.15) is 17.5 Å². The minimum atomic E-state index is 0.801. The number of fused-ring (bicyclic) bond motifs is 2. The molecule has 1 aliphatic heterocycles. The fourth-order valence-electron chi connectivity index (χ4n) is 3.34. The number of para-hydroxylation sites is 1. The normalized spacial score (nSPS) is 16.2. The quantitative estimate of drug-likeness (QED) is 0.789. The van der Waals surface area contributed by atoms with Gasteiger partial charge in [-0.3, -0.25) is 0 Å².